The van der Waals surface area contributed by atoms with Gasteiger partial charge in [0, 0.05) is 60.0 Å². The van der Waals surface area contributed by atoms with Crippen LogP contribution in [0.3, 0.4) is 0 Å². The molecule has 0 aliphatic heterocycles. The van der Waals surface area contributed by atoms with E-state index in [-0.39, 0.29) is 6.04 Å². The molecule has 2 N–H and O–H groups in total. The molecule has 5 aromatic rings. The summed E-state index contributed by atoms with van der Waals surface area (Å²) in [5.41, 5.74) is 5.56. The number of fused-ring (bicyclic) bond motifs is 2. The van der Waals surface area contributed by atoms with Gasteiger partial charge in [-0.1, -0.05) is 0 Å². The van der Waals surface area contributed by atoms with Crippen molar-refractivity contribution in [2.24, 2.45) is 7.05 Å². The quantitative estimate of drug-likeness (QED) is 0.358. The van der Waals surface area contributed by atoms with Gasteiger partial charge in [0.1, 0.15) is 5.65 Å². The largest absolute Gasteiger partial charge is 0.522 e. The Hall–Kier alpha value is -3.93. The van der Waals surface area contributed by atoms with Crippen molar-refractivity contribution in [3.05, 3.63) is 49.3 Å². The lowest BCUT2D eigenvalue weighted by Crippen LogP contribution is -2.33. The maximum Gasteiger partial charge on any atom is 0.522 e. The number of hydrogen-bond donors (Lipinski definition) is 2. The average Bonchev–Trinajstić information content (AvgIpc) is 3.56. The van der Waals surface area contributed by atoms with E-state index in [4.69, 9.17) is 0 Å². The van der Waals surface area contributed by atoms with Crippen LogP contribution in [0.15, 0.2) is 49.3 Å². The van der Waals surface area contributed by atoms with Gasteiger partial charge in [-0.3, -0.25) is 9.42 Å². The Bertz CT molecular complexity index is 1530. The number of H-pyrrole nitrogens is 1. The SMILES string of the molecule is Cn1cc(-c2cnn3ccc(-c4c[nH]c5nc(NC6CCC(OC(F)(F)F)CC6)ncc45)cc23)cn1. The van der Waals surface area contributed by atoms with Crippen LogP contribution < -0.4 is 5.32 Å². The first-order valence-corrected chi connectivity index (χ1v) is 11.6. The maximum atomic E-state index is 12.4. The number of nitrogens with one attached hydrogen (secondary N) is 2. The Morgan fingerprint density at radius 2 is 1.89 bits per heavy atom. The molecule has 1 aliphatic carbocycles. The van der Waals surface area contributed by atoms with Crippen LogP contribution in [0.2, 0.25) is 0 Å². The van der Waals surface area contributed by atoms with Gasteiger partial charge in [0.25, 0.3) is 0 Å². The third kappa shape index (κ3) is 4.39. The van der Waals surface area contributed by atoms with E-state index in [1.54, 1.807) is 10.9 Å². The number of anilines is 1. The molecule has 0 atom stereocenters. The van der Waals surface area contributed by atoms with E-state index in [1.165, 1.54) is 0 Å². The summed E-state index contributed by atoms with van der Waals surface area (Å²) in [4.78, 5) is 12.3. The molecule has 0 aromatic carbocycles. The fourth-order valence-electron chi connectivity index (χ4n) is 4.84. The van der Waals surface area contributed by atoms with Crippen molar-refractivity contribution in [2.45, 2.75) is 44.2 Å². The van der Waals surface area contributed by atoms with Crippen molar-refractivity contribution >= 4 is 22.5 Å². The molecule has 0 bridgehead atoms. The highest BCUT2D eigenvalue weighted by molar-refractivity contribution is 5.95. The maximum absolute atomic E-state index is 12.4. The zero-order chi connectivity index (χ0) is 24.9. The van der Waals surface area contributed by atoms with E-state index < -0.39 is 12.5 Å². The monoisotopic (exact) mass is 496 g/mol. The fraction of sp³-hybridized carbons (Fsp3) is 0.333. The van der Waals surface area contributed by atoms with Gasteiger partial charge in [-0.05, 0) is 43.4 Å². The average molecular weight is 496 g/mol. The standard InChI is InChI=1S/C24H23F3N8O/c1-34-13-15(9-30-34)19-12-31-35-7-6-14(8-21(19)35)18-10-28-22-20(18)11-29-23(33-22)32-16-2-4-17(5-3-16)36-24(25,26)27/h6-13,16-17H,2-5H2,1H3,(H2,28,29,32,33). The van der Waals surface area contributed by atoms with Gasteiger partial charge in [0.15, 0.2) is 0 Å². The molecule has 1 aliphatic rings. The first-order chi connectivity index (χ1) is 17.3. The van der Waals surface area contributed by atoms with Crippen molar-refractivity contribution in [1.82, 2.24) is 34.3 Å². The minimum atomic E-state index is -4.59. The highest BCUT2D eigenvalue weighted by Crippen LogP contribution is 2.32. The Morgan fingerprint density at radius 1 is 1.06 bits per heavy atom. The first kappa shape index (κ1) is 22.5. The molecule has 0 amide bonds. The Balaban J connectivity index is 1.21. The zero-order valence-corrected chi connectivity index (χ0v) is 19.3. The molecule has 36 heavy (non-hydrogen) atoms. The van der Waals surface area contributed by atoms with Crippen LogP contribution in [-0.4, -0.2) is 52.9 Å². The van der Waals surface area contributed by atoms with E-state index in [9.17, 15) is 13.2 Å². The number of halogens is 3. The summed E-state index contributed by atoms with van der Waals surface area (Å²) in [6, 6.07) is 4.06. The van der Waals surface area contributed by atoms with Crippen molar-refractivity contribution in [2.75, 3.05) is 5.32 Å². The van der Waals surface area contributed by atoms with Crippen LogP contribution in [-0.2, 0) is 11.8 Å². The lowest BCUT2D eigenvalue weighted by molar-refractivity contribution is -0.345. The fourth-order valence-corrected chi connectivity index (χ4v) is 4.84. The van der Waals surface area contributed by atoms with Crippen LogP contribution in [0.4, 0.5) is 19.1 Å². The van der Waals surface area contributed by atoms with E-state index in [2.05, 4.69) is 41.3 Å². The number of nitrogens with zero attached hydrogens (tertiary/aromatic N) is 6. The van der Waals surface area contributed by atoms with Gasteiger partial charge in [0.05, 0.1) is 24.0 Å². The van der Waals surface area contributed by atoms with Crippen molar-refractivity contribution in [1.29, 1.82) is 0 Å². The number of aromatic amines is 1. The molecular weight excluding hydrogens is 473 g/mol. The zero-order valence-electron chi connectivity index (χ0n) is 19.3. The molecule has 186 valence electrons. The lowest BCUT2D eigenvalue weighted by Gasteiger charge is -2.29. The van der Waals surface area contributed by atoms with E-state index >= 15 is 0 Å². The van der Waals surface area contributed by atoms with Gasteiger partial charge in [0.2, 0.25) is 5.95 Å². The number of alkyl halides is 3. The van der Waals surface area contributed by atoms with Crippen LogP contribution >= 0.6 is 0 Å². The van der Waals surface area contributed by atoms with Crippen LogP contribution in [0.1, 0.15) is 25.7 Å². The summed E-state index contributed by atoms with van der Waals surface area (Å²) >= 11 is 0. The molecule has 9 nitrogen and oxygen atoms in total. The smallest absolute Gasteiger partial charge is 0.351 e. The molecule has 12 heteroatoms. The normalized spacial score (nSPS) is 18.8. The predicted molar refractivity (Wildman–Crippen MR) is 127 cm³/mol. The number of hydrogen-bond acceptors (Lipinski definition) is 6. The number of rotatable bonds is 5. The molecular formula is C24H23F3N8O. The Labute approximate surface area is 203 Å². The molecule has 0 unspecified atom stereocenters. The van der Waals surface area contributed by atoms with Crippen molar-refractivity contribution in [3.8, 4) is 22.3 Å². The Morgan fingerprint density at radius 3 is 2.64 bits per heavy atom. The van der Waals surface area contributed by atoms with Crippen LogP contribution in [0, 0.1) is 0 Å². The lowest BCUT2D eigenvalue weighted by atomic mass is 9.93. The summed E-state index contributed by atoms with van der Waals surface area (Å²) in [5, 5.41) is 12.8. The van der Waals surface area contributed by atoms with Gasteiger partial charge in [-0.2, -0.15) is 15.2 Å². The summed E-state index contributed by atoms with van der Waals surface area (Å²) in [6.45, 7) is 0. The first-order valence-electron chi connectivity index (χ1n) is 11.6. The number of aryl methyl sites for hydroxylation is 1. The van der Waals surface area contributed by atoms with Crippen molar-refractivity contribution < 1.29 is 17.9 Å². The molecule has 5 aromatic heterocycles. The van der Waals surface area contributed by atoms with Gasteiger partial charge in [-0.25, -0.2) is 9.50 Å². The summed E-state index contributed by atoms with van der Waals surface area (Å²) in [6.07, 6.45) is 7.58. The number of pyridine rings is 1. The third-order valence-corrected chi connectivity index (χ3v) is 6.59. The van der Waals surface area contributed by atoms with Gasteiger partial charge < -0.3 is 10.3 Å². The summed E-state index contributed by atoms with van der Waals surface area (Å²) in [5.74, 6) is 0.446. The highest BCUT2D eigenvalue weighted by atomic mass is 19.4. The van der Waals surface area contributed by atoms with E-state index in [0.717, 1.165) is 33.2 Å². The number of ether oxygens (including phenoxy) is 1. The molecule has 0 radical (unpaired) electrons. The minimum absolute atomic E-state index is 0.000126. The molecule has 0 spiro atoms. The van der Waals surface area contributed by atoms with Gasteiger partial charge in [-0.15, -0.1) is 13.2 Å². The highest BCUT2D eigenvalue weighted by Gasteiger charge is 2.35. The Kier molecular flexibility index (Phi) is 5.40. The molecule has 0 saturated heterocycles. The molecule has 1 fully saturated rings. The second kappa shape index (κ2) is 8.63. The van der Waals surface area contributed by atoms with E-state index in [0.29, 0.717) is 37.3 Å². The predicted octanol–water partition coefficient (Wildman–Crippen LogP) is 4.93. The van der Waals surface area contributed by atoms with E-state index in [1.807, 2.05) is 48.6 Å². The topological polar surface area (TPSA) is 98.0 Å². The number of aromatic nitrogens is 7. The third-order valence-electron chi connectivity index (χ3n) is 6.59. The molecule has 1 saturated carbocycles. The van der Waals surface area contributed by atoms with Gasteiger partial charge >= 0.3 is 6.36 Å². The summed E-state index contributed by atoms with van der Waals surface area (Å²) < 4.78 is 45.1. The second-order valence-corrected chi connectivity index (χ2v) is 9.05. The molecule has 6 rings (SSSR count). The summed E-state index contributed by atoms with van der Waals surface area (Å²) in [7, 11) is 1.88. The van der Waals surface area contributed by atoms with Crippen LogP contribution in [0.25, 0.3) is 38.8 Å². The minimum Gasteiger partial charge on any atom is -0.351 e. The second-order valence-electron chi connectivity index (χ2n) is 9.05. The molecule has 5 heterocycles. The van der Waals surface area contributed by atoms with Crippen LogP contribution in [0.5, 0.6) is 0 Å². The van der Waals surface area contributed by atoms with Crippen molar-refractivity contribution in [3.63, 3.8) is 0 Å².